The third-order valence-corrected chi connectivity index (χ3v) is 7.37. The van der Waals surface area contributed by atoms with Gasteiger partial charge in [0, 0.05) is 19.1 Å². The van der Waals surface area contributed by atoms with Crippen LogP contribution in [0.4, 0.5) is 0 Å². The van der Waals surface area contributed by atoms with Crippen molar-refractivity contribution < 1.29 is 8.42 Å². The van der Waals surface area contributed by atoms with Crippen molar-refractivity contribution in [1.82, 2.24) is 9.62 Å². The average molecular weight is 314 g/mol. The Balaban J connectivity index is 1.57. The molecule has 0 amide bonds. The Morgan fingerprint density at radius 2 is 1.81 bits per heavy atom. The number of sulfonamides is 1. The van der Waals surface area contributed by atoms with E-state index < -0.39 is 10.0 Å². The van der Waals surface area contributed by atoms with Gasteiger partial charge in [0.05, 0.1) is 6.26 Å². The van der Waals surface area contributed by atoms with E-state index in [1.165, 1.54) is 38.4 Å². The van der Waals surface area contributed by atoms with Gasteiger partial charge >= 0.3 is 0 Å². The van der Waals surface area contributed by atoms with E-state index in [9.17, 15) is 8.42 Å². The molecule has 122 valence electrons. The lowest BCUT2D eigenvalue weighted by atomic mass is 9.90. The van der Waals surface area contributed by atoms with Crippen LogP contribution in [0.2, 0.25) is 0 Å². The molecule has 0 aromatic carbocycles. The Hall–Kier alpha value is -0.130. The summed E-state index contributed by atoms with van der Waals surface area (Å²) in [5.41, 5.74) is 0. The first-order valence-electron chi connectivity index (χ1n) is 8.63. The van der Waals surface area contributed by atoms with Gasteiger partial charge in [0.2, 0.25) is 10.0 Å². The standard InChI is InChI=1S/C16H30N2O2S/c1-17-15(16-13-7-3-4-8-14(13)16)10-12-6-5-9-18(11-12)21(2,19)20/h12-17H,3-11H2,1-2H3. The highest BCUT2D eigenvalue weighted by molar-refractivity contribution is 7.88. The van der Waals surface area contributed by atoms with Crippen molar-refractivity contribution in [2.24, 2.45) is 23.7 Å². The van der Waals surface area contributed by atoms with Crippen LogP contribution in [-0.4, -0.2) is 45.2 Å². The normalized spacial score (nSPS) is 38.8. The first-order chi connectivity index (χ1) is 10.0. The predicted octanol–water partition coefficient (Wildman–Crippen LogP) is 2.07. The van der Waals surface area contributed by atoms with Gasteiger partial charge in [-0.25, -0.2) is 12.7 Å². The molecule has 0 spiro atoms. The van der Waals surface area contributed by atoms with Crippen molar-refractivity contribution in [2.75, 3.05) is 26.4 Å². The maximum atomic E-state index is 11.7. The molecule has 3 aliphatic rings. The van der Waals surface area contributed by atoms with Crippen LogP contribution in [0, 0.1) is 23.7 Å². The summed E-state index contributed by atoms with van der Waals surface area (Å²) in [5.74, 6) is 3.33. The Morgan fingerprint density at radius 3 is 2.38 bits per heavy atom. The fraction of sp³-hybridized carbons (Fsp3) is 1.00. The summed E-state index contributed by atoms with van der Waals surface area (Å²) in [4.78, 5) is 0. The number of rotatable bonds is 5. The Morgan fingerprint density at radius 1 is 1.14 bits per heavy atom. The first-order valence-corrected chi connectivity index (χ1v) is 10.5. The monoisotopic (exact) mass is 314 g/mol. The van der Waals surface area contributed by atoms with Crippen molar-refractivity contribution in [3.8, 4) is 0 Å². The van der Waals surface area contributed by atoms with Crippen molar-refractivity contribution in [2.45, 2.75) is 51.0 Å². The molecule has 4 atom stereocenters. The van der Waals surface area contributed by atoms with Crippen LogP contribution >= 0.6 is 0 Å². The summed E-state index contributed by atoms with van der Waals surface area (Å²) in [6, 6.07) is 0.600. The van der Waals surface area contributed by atoms with E-state index in [2.05, 4.69) is 12.4 Å². The number of piperidine rings is 1. The number of hydrogen-bond acceptors (Lipinski definition) is 3. The molecule has 2 aliphatic carbocycles. The summed E-state index contributed by atoms with van der Waals surface area (Å²) in [7, 11) is -0.924. The van der Waals surface area contributed by atoms with E-state index in [1.54, 1.807) is 4.31 Å². The molecular formula is C16H30N2O2S. The molecule has 0 aromatic heterocycles. The van der Waals surface area contributed by atoms with Gasteiger partial charge < -0.3 is 5.32 Å². The molecule has 5 heteroatoms. The summed E-state index contributed by atoms with van der Waals surface area (Å²) in [6.07, 6.45) is 10.4. The van der Waals surface area contributed by atoms with Crippen molar-refractivity contribution in [3.05, 3.63) is 0 Å². The van der Waals surface area contributed by atoms with Gasteiger partial charge in [-0.05, 0) is 62.8 Å². The van der Waals surface area contributed by atoms with Crippen molar-refractivity contribution >= 4 is 10.0 Å². The first kappa shape index (κ1) is 15.8. The summed E-state index contributed by atoms with van der Waals surface area (Å²) in [6.45, 7) is 1.45. The zero-order chi connectivity index (χ0) is 15.0. The lowest BCUT2D eigenvalue weighted by Gasteiger charge is -2.33. The molecule has 1 N–H and O–H groups in total. The SMILES string of the molecule is CNC(CC1CCCN(S(C)(=O)=O)C1)C1C2CCCCC21. The molecule has 0 bridgehead atoms. The van der Waals surface area contributed by atoms with Crippen LogP contribution in [-0.2, 0) is 10.0 Å². The smallest absolute Gasteiger partial charge is 0.211 e. The largest absolute Gasteiger partial charge is 0.317 e. The second-order valence-electron chi connectivity index (χ2n) is 7.45. The van der Waals surface area contributed by atoms with E-state index in [-0.39, 0.29) is 0 Å². The van der Waals surface area contributed by atoms with E-state index >= 15 is 0 Å². The van der Waals surface area contributed by atoms with Gasteiger partial charge in [-0.1, -0.05) is 12.8 Å². The molecule has 1 saturated heterocycles. The van der Waals surface area contributed by atoms with Crippen molar-refractivity contribution in [3.63, 3.8) is 0 Å². The van der Waals surface area contributed by atoms with Crippen LogP contribution in [0.25, 0.3) is 0 Å². The molecule has 3 rings (SSSR count). The lowest BCUT2D eigenvalue weighted by molar-refractivity contribution is 0.230. The molecule has 21 heavy (non-hydrogen) atoms. The molecule has 4 unspecified atom stereocenters. The van der Waals surface area contributed by atoms with Crippen LogP contribution in [0.1, 0.15) is 44.9 Å². The summed E-state index contributed by atoms with van der Waals surface area (Å²) >= 11 is 0. The van der Waals surface area contributed by atoms with Crippen LogP contribution in [0.3, 0.4) is 0 Å². The van der Waals surface area contributed by atoms with Crippen LogP contribution in [0.15, 0.2) is 0 Å². The highest BCUT2D eigenvalue weighted by atomic mass is 32.2. The minimum Gasteiger partial charge on any atom is -0.317 e. The molecule has 1 aliphatic heterocycles. The van der Waals surface area contributed by atoms with E-state index in [0.717, 1.165) is 37.1 Å². The second kappa shape index (κ2) is 6.17. The van der Waals surface area contributed by atoms with E-state index in [0.29, 0.717) is 18.5 Å². The maximum Gasteiger partial charge on any atom is 0.211 e. The Bertz CT molecular complexity index is 453. The number of nitrogens with zero attached hydrogens (tertiary/aromatic N) is 1. The fourth-order valence-electron chi connectivity index (χ4n) is 4.99. The zero-order valence-corrected chi connectivity index (χ0v) is 14.2. The predicted molar refractivity (Wildman–Crippen MR) is 85.5 cm³/mol. The fourth-order valence-corrected chi connectivity index (χ4v) is 5.93. The molecule has 0 radical (unpaired) electrons. The van der Waals surface area contributed by atoms with Gasteiger partial charge in [-0.3, -0.25) is 0 Å². The minimum absolute atomic E-state index is 0.536. The van der Waals surface area contributed by atoms with E-state index in [4.69, 9.17) is 0 Å². The molecular weight excluding hydrogens is 284 g/mol. The van der Waals surface area contributed by atoms with Gasteiger partial charge in [0.1, 0.15) is 0 Å². The zero-order valence-electron chi connectivity index (χ0n) is 13.4. The lowest BCUT2D eigenvalue weighted by Crippen LogP contribution is -2.42. The quantitative estimate of drug-likeness (QED) is 0.845. The molecule has 1 heterocycles. The van der Waals surface area contributed by atoms with Gasteiger partial charge in [-0.15, -0.1) is 0 Å². The highest BCUT2D eigenvalue weighted by Gasteiger charge is 2.53. The maximum absolute atomic E-state index is 11.7. The number of hydrogen-bond donors (Lipinski definition) is 1. The Kier molecular flexibility index (Phi) is 4.63. The van der Waals surface area contributed by atoms with Crippen molar-refractivity contribution in [1.29, 1.82) is 0 Å². The van der Waals surface area contributed by atoms with Gasteiger partial charge in [0.15, 0.2) is 0 Å². The topological polar surface area (TPSA) is 49.4 Å². The van der Waals surface area contributed by atoms with Crippen LogP contribution in [0.5, 0.6) is 0 Å². The van der Waals surface area contributed by atoms with Crippen LogP contribution < -0.4 is 5.32 Å². The number of nitrogens with one attached hydrogen (secondary N) is 1. The Labute approximate surface area is 129 Å². The summed E-state index contributed by atoms with van der Waals surface area (Å²) in [5, 5.41) is 3.55. The average Bonchev–Trinajstić information content (AvgIpc) is 3.18. The second-order valence-corrected chi connectivity index (χ2v) is 9.43. The molecule has 0 aromatic rings. The highest BCUT2D eigenvalue weighted by Crippen LogP contribution is 2.57. The number of fused-ring (bicyclic) bond motifs is 1. The molecule has 2 saturated carbocycles. The van der Waals surface area contributed by atoms with Gasteiger partial charge in [-0.2, -0.15) is 0 Å². The summed E-state index contributed by atoms with van der Waals surface area (Å²) < 4.78 is 25.2. The third kappa shape index (κ3) is 3.45. The molecule has 4 nitrogen and oxygen atoms in total. The van der Waals surface area contributed by atoms with Gasteiger partial charge in [0.25, 0.3) is 0 Å². The minimum atomic E-state index is -3.01. The third-order valence-electron chi connectivity index (χ3n) is 6.10. The molecule has 3 fully saturated rings. The van der Waals surface area contributed by atoms with E-state index in [1.807, 2.05) is 0 Å².